The number of carbonyl (C=O) groups is 2. The van der Waals surface area contributed by atoms with Crippen molar-refractivity contribution in [3.8, 4) is 11.4 Å². The van der Waals surface area contributed by atoms with Crippen LogP contribution in [0.25, 0.3) is 5.69 Å². The summed E-state index contributed by atoms with van der Waals surface area (Å²) in [4.78, 5) is 35.4. The second kappa shape index (κ2) is 4.67. The van der Waals surface area contributed by atoms with Gasteiger partial charge in [-0.3, -0.25) is 24.3 Å². The van der Waals surface area contributed by atoms with Gasteiger partial charge < -0.3 is 10.8 Å². The van der Waals surface area contributed by atoms with Gasteiger partial charge in [-0.15, -0.1) is 0 Å². The van der Waals surface area contributed by atoms with Crippen LogP contribution in [0.15, 0.2) is 27.5 Å². The first kappa shape index (κ1) is 14.3. The number of nitrogen functional groups attached to an aromatic ring is 1. The number of hydrogen-bond donors (Lipinski definition) is 3. The molecule has 2 aromatic rings. The highest BCUT2D eigenvalue weighted by Gasteiger charge is 2.32. The summed E-state index contributed by atoms with van der Waals surface area (Å²) in [5.74, 6) is -3.05. The molecule has 1 aromatic carbocycles. The number of hydrogen-bond acceptors (Lipinski definition) is 5. The van der Waals surface area contributed by atoms with Crippen molar-refractivity contribution in [1.29, 1.82) is 0 Å². The van der Waals surface area contributed by atoms with Crippen LogP contribution in [-0.2, 0) is 0 Å². The molecule has 9 heteroatoms. The first-order chi connectivity index (χ1) is 10.3. The maximum atomic E-state index is 14.1. The van der Waals surface area contributed by atoms with Gasteiger partial charge in [0.1, 0.15) is 17.4 Å². The maximum absolute atomic E-state index is 14.1. The summed E-state index contributed by atoms with van der Waals surface area (Å²) in [6, 6.07) is 2.83. The smallest absolute Gasteiger partial charge is 0.262 e. The molecule has 22 heavy (non-hydrogen) atoms. The molecule has 0 aliphatic carbocycles. The van der Waals surface area contributed by atoms with Gasteiger partial charge in [0.05, 0.1) is 21.3 Å². The third-order valence-electron chi connectivity index (χ3n) is 3.21. The van der Waals surface area contributed by atoms with E-state index in [-0.39, 0.29) is 32.9 Å². The Morgan fingerprint density at radius 2 is 1.86 bits per heavy atom. The van der Waals surface area contributed by atoms with Crippen LogP contribution in [-0.4, -0.2) is 21.5 Å². The number of nitrogens with one attached hydrogen (secondary N) is 1. The van der Waals surface area contributed by atoms with Crippen molar-refractivity contribution in [1.82, 2.24) is 9.88 Å². The van der Waals surface area contributed by atoms with E-state index >= 15 is 0 Å². The number of aromatic hydroxyl groups is 1. The molecule has 0 atom stereocenters. The topological polar surface area (TPSA) is 114 Å². The lowest BCUT2D eigenvalue weighted by Gasteiger charge is -2.13. The number of halogens is 2. The van der Waals surface area contributed by atoms with Gasteiger partial charge in [0.25, 0.3) is 17.4 Å². The third kappa shape index (κ3) is 1.90. The zero-order valence-corrected chi connectivity index (χ0v) is 12.3. The van der Waals surface area contributed by atoms with Crippen molar-refractivity contribution in [3.05, 3.63) is 50.0 Å². The normalized spacial score (nSPS) is 13.2. The number of carbonyl (C=O) groups excluding carboxylic acids is 2. The fourth-order valence-electron chi connectivity index (χ4n) is 2.23. The number of phenolic OH excluding ortho intramolecular Hbond substituents is 1. The molecule has 2 amide bonds. The predicted molar refractivity (Wildman–Crippen MR) is 77.6 cm³/mol. The van der Waals surface area contributed by atoms with Crippen molar-refractivity contribution in [2.24, 2.45) is 0 Å². The minimum absolute atomic E-state index is 0.0921. The summed E-state index contributed by atoms with van der Waals surface area (Å²) in [5.41, 5.74) is 4.26. The van der Waals surface area contributed by atoms with Gasteiger partial charge >= 0.3 is 0 Å². The molecular weight excluding hydrogens is 361 g/mol. The lowest BCUT2D eigenvalue weighted by Crippen LogP contribution is -2.24. The van der Waals surface area contributed by atoms with Crippen LogP contribution in [0, 0.1) is 5.82 Å². The highest BCUT2D eigenvalue weighted by atomic mass is 79.9. The molecule has 3 rings (SSSR count). The van der Waals surface area contributed by atoms with Gasteiger partial charge in [0.15, 0.2) is 0 Å². The SMILES string of the molecule is Nc1c2c(cc(=O)n1-c1cc(O)c(Br)cc1F)C(=O)NC2=O. The van der Waals surface area contributed by atoms with Gasteiger partial charge in [0.2, 0.25) is 0 Å². The number of imide groups is 1. The molecule has 0 saturated carbocycles. The summed E-state index contributed by atoms with van der Waals surface area (Å²) in [7, 11) is 0. The van der Waals surface area contributed by atoms with Gasteiger partial charge in [-0.05, 0) is 22.0 Å². The van der Waals surface area contributed by atoms with Gasteiger partial charge in [0, 0.05) is 12.1 Å². The Kier molecular flexibility index (Phi) is 3.03. The lowest BCUT2D eigenvalue weighted by molar-refractivity contribution is 0.0880. The fraction of sp³-hybridized carbons (Fsp3) is 0. The first-order valence-corrected chi connectivity index (χ1v) is 6.70. The van der Waals surface area contributed by atoms with Crippen molar-refractivity contribution >= 4 is 33.6 Å². The predicted octanol–water partition coefficient (Wildman–Crippen LogP) is 0.911. The van der Waals surface area contributed by atoms with Gasteiger partial charge in [-0.1, -0.05) is 0 Å². The third-order valence-corrected chi connectivity index (χ3v) is 3.85. The minimum atomic E-state index is -0.844. The number of fused-ring (bicyclic) bond motifs is 1. The number of nitrogens with two attached hydrogens (primary N) is 1. The zero-order chi connectivity index (χ0) is 16.2. The van der Waals surface area contributed by atoms with Crippen molar-refractivity contribution < 1.29 is 19.1 Å². The van der Waals surface area contributed by atoms with Crippen LogP contribution < -0.4 is 16.6 Å². The van der Waals surface area contributed by atoms with Crippen LogP contribution in [0.3, 0.4) is 0 Å². The monoisotopic (exact) mass is 367 g/mol. The molecule has 0 bridgehead atoms. The first-order valence-electron chi connectivity index (χ1n) is 5.91. The Morgan fingerprint density at radius 1 is 1.18 bits per heavy atom. The summed E-state index contributed by atoms with van der Waals surface area (Å²) in [6.07, 6.45) is 0. The fourth-order valence-corrected chi connectivity index (χ4v) is 2.54. The largest absolute Gasteiger partial charge is 0.507 e. The Morgan fingerprint density at radius 3 is 2.55 bits per heavy atom. The molecule has 2 heterocycles. The molecule has 112 valence electrons. The summed E-state index contributed by atoms with van der Waals surface area (Å²) < 4.78 is 14.9. The van der Waals surface area contributed by atoms with Crippen LogP contribution in [0.5, 0.6) is 5.75 Å². The molecule has 0 radical (unpaired) electrons. The second-order valence-electron chi connectivity index (χ2n) is 4.53. The molecule has 0 fully saturated rings. The Balaban J connectivity index is 2.37. The molecule has 1 aliphatic heterocycles. The van der Waals surface area contributed by atoms with E-state index in [1.165, 1.54) is 0 Å². The molecule has 0 unspecified atom stereocenters. The number of amides is 2. The average Bonchev–Trinajstić information content (AvgIpc) is 2.70. The van der Waals surface area contributed by atoms with Crippen LogP contribution >= 0.6 is 15.9 Å². The van der Waals surface area contributed by atoms with Crippen LogP contribution in [0.2, 0.25) is 0 Å². The maximum Gasteiger partial charge on any atom is 0.262 e. The molecule has 1 aromatic heterocycles. The molecule has 7 nitrogen and oxygen atoms in total. The second-order valence-corrected chi connectivity index (χ2v) is 5.38. The molecule has 0 spiro atoms. The standard InChI is InChI=1S/C13H7BrFN3O4/c14-5-2-6(15)7(3-8(5)19)18-9(20)1-4-10(11(18)16)13(22)17-12(4)21/h1-3,19H,16H2,(H,17,21,22). The van der Waals surface area contributed by atoms with E-state index in [1.54, 1.807) is 0 Å². The highest BCUT2D eigenvalue weighted by molar-refractivity contribution is 9.10. The van der Waals surface area contributed by atoms with E-state index in [1.807, 2.05) is 5.32 Å². The minimum Gasteiger partial charge on any atom is -0.507 e. The molecular formula is C13H7BrFN3O4. The highest BCUT2D eigenvalue weighted by Crippen LogP contribution is 2.30. The van der Waals surface area contributed by atoms with Crippen LogP contribution in [0.1, 0.15) is 20.7 Å². The quantitative estimate of drug-likeness (QED) is 0.648. The summed E-state index contributed by atoms with van der Waals surface area (Å²) in [5, 5.41) is 11.7. The number of nitrogens with zero attached hydrogens (tertiary/aromatic N) is 1. The Labute approximate surface area is 130 Å². The van der Waals surface area contributed by atoms with E-state index in [0.717, 1.165) is 22.8 Å². The molecule has 4 N–H and O–H groups in total. The van der Waals surface area contributed by atoms with E-state index in [0.29, 0.717) is 0 Å². The zero-order valence-electron chi connectivity index (χ0n) is 10.7. The summed E-state index contributed by atoms with van der Waals surface area (Å²) >= 11 is 2.94. The number of aromatic nitrogens is 1. The number of benzene rings is 1. The van der Waals surface area contributed by atoms with Crippen molar-refractivity contribution in [2.45, 2.75) is 0 Å². The Hall–Kier alpha value is -2.68. The van der Waals surface area contributed by atoms with E-state index in [2.05, 4.69) is 15.9 Å². The van der Waals surface area contributed by atoms with E-state index in [4.69, 9.17) is 5.73 Å². The number of rotatable bonds is 1. The summed E-state index contributed by atoms with van der Waals surface area (Å²) in [6.45, 7) is 0. The number of pyridine rings is 1. The van der Waals surface area contributed by atoms with Crippen molar-refractivity contribution in [3.63, 3.8) is 0 Å². The average molecular weight is 368 g/mol. The van der Waals surface area contributed by atoms with Crippen LogP contribution in [0.4, 0.5) is 10.2 Å². The Bertz CT molecular complexity index is 922. The molecule has 0 saturated heterocycles. The number of anilines is 1. The number of phenols is 1. The molecule has 1 aliphatic rings. The van der Waals surface area contributed by atoms with Gasteiger partial charge in [-0.25, -0.2) is 4.39 Å². The van der Waals surface area contributed by atoms with Crippen molar-refractivity contribution in [2.75, 3.05) is 5.73 Å². The van der Waals surface area contributed by atoms with E-state index in [9.17, 15) is 23.9 Å². The lowest BCUT2D eigenvalue weighted by atomic mass is 10.1. The van der Waals surface area contributed by atoms with Gasteiger partial charge in [-0.2, -0.15) is 0 Å². The van der Waals surface area contributed by atoms with E-state index < -0.39 is 23.2 Å².